The van der Waals surface area contributed by atoms with Crippen molar-refractivity contribution in [2.75, 3.05) is 5.84 Å². The number of nitrogen functional groups attached to an aromatic ring is 1. The summed E-state index contributed by atoms with van der Waals surface area (Å²) in [4.78, 5) is 34.9. The van der Waals surface area contributed by atoms with Crippen molar-refractivity contribution in [1.29, 1.82) is 5.26 Å². The number of rotatable bonds is 2. The molecule has 0 saturated heterocycles. The third-order valence-electron chi connectivity index (χ3n) is 3.11. The van der Waals surface area contributed by atoms with Crippen LogP contribution < -0.4 is 17.1 Å². The molecule has 2 aromatic rings. The lowest BCUT2D eigenvalue weighted by molar-refractivity contribution is -0.143. The minimum atomic E-state index is -5.12. The topological polar surface area (TPSA) is 131 Å². The Morgan fingerprint density at radius 2 is 1.84 bits per heavy atom. The number of alkyl halides is 3. The van der Waals surface area contributed by atoms with E-state index in [2.05, 4.69) is 0 Å². The first-order valence-electron chi connectivity index (χ1n) is 6.17. The van der Waals surface area contributed by atoms with Gasteiger partial charge < -0.3 is 10.9 Å². The molecule has 130 valence electrons. The van der Waals surface area contributed by atoms with E-state index in [0.717, 1.165) is 0 Å². The summed E-state index contributed by atoms with van der Waals surface area (Å²) in [7, 11) is 0. The number of benzene rings is 1. The molecule has 2 rings (SSSR count). The Morgan fingerprint density at radius 1 is 1.24 bits per heavy atom. The molecule has 0 aliphatic heterocycles. The van der Waals surface area contributed by atoms with E-state index >= 15 is 0 Å². The Morgan fingerprint density at radius 3 is 2.32 bits per heavy atom. The van der Waals surface area contributed by atoms with E-state index in [-0.39, 0.29) is 10.6 Å². The van der Waals surface area contributed by atoms with Gasteiger partial charge in [-0.2, -0.15) is 18.4 Å². The molecule has 0 spiro atoms. The minimum Gasteiger partial charge on any atom is -0.478 e. The van der Waals surface area contributed by atoms with Crippen LogP contribution in [0, 0.1) is 17.1 Å². The standard InChI is InChI=1S/C13H6F4N4O4/c14-7-1-5(4-18)6(11(23)24)2-8(7)20-10(22)3-9(13(15,16)17)21(19)12(20)25/h1-3H,19H2,(H,23,24). The third-order valence-corrected chi connectivity index (χ3v) is 3.11. The van der Waals surface area contributed by atoms with Gasteiger partial charge in [-0.25, -0.2) is 23.2 Å². The van der Waals surface area contributed by atoms with Crippen LogP contribution in [0.1, 0.15) is 21.6 Å². The lowest BCUT2D eigenvalue weighted by atomic mass is 10.1. The number of carboxylic acid groups (broad SMARTS) is 1. The molecular formula is C13H6F4N4O4. The van der Waals surface area contributed by atoms with Crippen molar-refractivity contribution in [1.82, 2.24) is 9.24 Å². The maximum absolute atomic E-state index is 14.1. The summed E-state index contributed by atoms with van der Waals surface area (Å²) in [6.45, 7) is 0. The molecule has 0 radical (unpaired) electrons. The fourth-order valence-electron chi connectivity index (χ4n) is 2.00. The predicted molar refractivity (Wildman–Crippen MR) is 73.1 cm³/mol. The van der Waals surface area contributed by atoms with Crippen molar-refractivity contribution in [3.63, 3.8) is 0 Å². The first-order valence-corrected chi connectivity index (χ1v) is 6.17. The number of halogens is 4. The van der Waals surface area contributed by atoms with Crippen molar-refractivity contribution in [3.8, 4) is 11.8 Å². The van der Waals surface area contributed by atoms with Crippen molar-refractivity contribution in [2.45, 2.75) is 6.18 Å². The summed E-state index contributed by atoms with van der Waals surface area (Å²) < 4.78 is 51.7. The highest BCUT2D eigenvalue weighted by atomic mass is 19.4. The number of aromatic nitrogens is 2. The minimum absolute atomic E-state index is 0.0422. The van der Waals surface area contributed by atoms with E-state index < -0.39 is 56.4 Å². The Labute approximate surface area is 134 Å². The van der Waals surface area contributed by atoms with Crippen molar-refractivity contribution in [2.24, 2.45) is 0 Å². The highest BCUT2D eigenvalue weighted by Crippen LogP contribution is 2.26. The molecule has 0 amide bonds. The number of nitrogens with two attached hydrogens (primary N) is 1. The summed E-state index contributed by atoms with van der Waals surface area (Å²) in [5.41, 5.74) is -7.43. The van der Waals surface area contributed by atoms with Gasteiger partial charge in [0.05, 0.1) is 16.8 Å². The first kappa shape index (κ1) is 17.7. The van der Waals surface area contributed by atoms with Crippen molar-refractivity contribution >= 4 is 5.97 Å². The second-order valence-corrected chi connectivity index (χ2v) is 4.62. The number of aromatic carboxylic acids is 1. The van der Waals surface area contributed by atoms with Crippen LogP contribution >= 0.6 is 0 Å². The van der Waals surface area contributed by atoms with Crippen LogP contribution in [0.25, 0.3) is 5.69 Å². The Hall–Kier alpha value is -3.62. The van der Waals surface area contributed by atoms with E-state index in [1.165, 1.54) is 6.07 Å². The van der Waals surface area contributed by atoms with Crippen LogP contribution in [-0.2, 0) is 6.18 Å². The van der Waals surface area contributed by atoms with E-state index in [1.807, 2.05) is 0 Å². The smallest absolute Gasteiger partial charge is 0.433 e. The van der Waals surface area contributed by atoms with E-state index in [9.17, 15) is 31.9 Å². The van der Waals surface area contributed by atoms with Crippen LogP contribution in [0.2, 0.25) is 0 Å². The average molecular weight is 358 g/mol. The molecule has 0 aliphatic rings. The van der Waals surface area contributed by atoms with E-state index in [0.29, 0.717) is 12.1 Å². The number of carbonyl (C=O) groups is 1. The van der Waals surface area contributed by atoms with Gasteiger partial charge >= 0.3 is 17.8 Å². The van der Waals surface area contributed by atoms with E-state index in [4.69, 9.17) is 16.2 Å². The fraction of sp³-hybridized carbons (Fsp3) is 0.0769. The van der Waals surface area contributed by atoms with Crippen LogP contribution in [0.3, 0.4) is 0 Å². The molecule has 0 atom stereocenters. The molecule has 1 aromatic carbocycles. The molecular weight excluding hydrogens is 352 g/mol. The molecule has 3 N–H and O–H groups in total. The molecule has 0 saturated carbocycles. The predicted octanol–water partition coefficient (Wildman–Crippen LogP) is 0.441. The quantitative estimate of drug-likeness (QED) is 0.592. The van der Waals surface area contributed by atoms with Gasteiger partial charge in [-0.3, -0.25) is 4.79 Å². The second kappa shape index (κ2) is 5.78. The molecule has 12 heteroatoms. The van der Waals surface area contributed by atoms with Crippen LogP contribution in [0.4, 0.5) is 17.6 Å². The van der Waals surface area contributed by atoms with Gasteiger partial charge in [-0.15, -0.1) is 0 Å². The summed E-state index contributed by atoms with van der Waals surface area (Å²) in [5.74, 6) is 1.96. The van der Waals surface area contributed by atoms with Gasteiger partial charge in [0, 0.05) is 6.07 Å². The van der Waals surface area contributed by atoms with Gasteiger partial charge in [0.2, 0.25) is 0 Å². The maximum atomic E-state index is 14.1. The SMILES string of the molecule is N#Cc1cc(F)c(-n2c(=O)cc(C(F)(F)F)n(N)c2=O)cc1C(=O)O. The molecule has 1 heterocycles. The van der Waals surface area contributed by atoms with Crippen LogP contribution in [-0.4, -0.2) is 20.3 Å². The summed E-state index contributed by atoms with van der Waals surface area (Å²) in [6, 6.07) is 2.27. The number of hydrogen-bond donors (Lipinski definition) is 2. The molecule has 8 nitrogen and oxygen atoms in total. The fourth-order valence-corrected chi connectivity index (χ4v) is 2.00. The first-order chi connectivity index (χ1) is 11.5. The van der Waals surface area contributed by atoms with E-state index in [1.54, 1.807) is 0 Å². The average Bonchev–Trinajstić information content (AvgIpc) is 2.50. The van der Waals surface area contributed by atoms with Gasteiger partial charge in [0.15, 0.2) is 5.69 Å². The van der Waals surface area contributed by atoms with Gasteiger partial charge in [-0.1, -0.05) is 0 Å². The number of nitrogens with zero attached hydrogens (tertiary/aromatic N) is 3. The Bertz CT molecular complexity index is 1050. The van der Waals surface area contributed by atoms with Crippen molar-refractivity contribution < 1.29 is 27.5 Å². The molecule has 1 aromatic heterocycles. The summed E-state index contributed by atoms with van der Waals surface area (Å²) >= 11 is 0. The maximum Gasteiger partial charge on any atom is 0.433 e. The zero-order valence-electron chi connectivity index (χ0n) is 11.8. The monoisotopic (exact) mass is 358 g/mol. The highest BCUT2D eigenvalue weighted by molar-refractivity contribution is 5.91. The largest absolute Gasteiger partial charge is 0.478 e. The van der Waals surface area contributed by atoms with Gasteiger partial charge in [-0.05, 0) is 12.1 Å². The van der Waals surface area contributed by atoms with Crippen LogP contribution in [0.5, 0.6) is 0 Å². The third kappa shape index (κ3) is 2.94. The molecule has 0 unspecified atom stereocenters. The highest BCUT2D eigenvalue weighted by Gasteiger charge is 2.36. The Balaban J connectivity index is 2.90. The molecule has 0 aliphatic carbocycles. The summed E-state index contributed by atoms with van der Waals surface area (Å²) in [5, 5.41) is 17.8. The van der Waals surface area contributed by atoms with Crippen LogP contribution in [0.15, 0.2) is 27.8 Å². The second-order valence-electron chi connectivity index (χ2n) is 4.62. The van der Waals surface area contributed by atoms with Gasteiger partial charge in [0.1, 0.15) is 11.9 Å². The lowest BCUT2D eigenvalue weighted by Gasteiger charge is -2.14. The Kier molecular flexibility index (Phi) is 4.10. The normalized spacial score (nSPS) is 11.2. The molecule has 0 bridgehead atoms. The lowest BCUT2D eigenvalue weighted by Crippen LogP contribution is -2.45. The summed E-state index contributed by atoms with van der Waals surface area (Å²) in [6.07, 6.45) is -5.12. The van der Waals surface area contributed by atoms with Crippen molar-refractivity contribution in [3.05, 3.63) is 61.7 Å². The number of carboxylic acids is 1. The number of nitriles is 1. The molecule has 25 heavy (non-hydrogen) atoms. The zero-order chi connectivity index (χ0) is 19.1. The van der Waals surface area contributed by atoms with Gasteiger partial charge in [0.25, 0.3) is 5.56 Å². The zero-order valence-corrected chi connectivity index (χ0v) is 11.8. The number of hydrogen-bond acceptors (Lipinski definition) is 5. The molecule has 0 fully saturated rings.